The summed E-state index contributed by atoms with van der Waals surface area (Å²) in [4.78, 5) is 22.8. The second-order valence-electron chi connectivity index (χ2n) is 13.4. The van der Waals surface area contributed by atoms with Gasteiger partial charge in [0, 0.05) is 12.8 Å². The zero-order valence-corrected chi connectivity index (χ0v) is 29.7. The maximum atomic E-state index is 12.3. The van der Waals surface area contributed by atoms with Crippen LogP contribution >= 0.6 is 0 Å². The summed E-state index contributed by atoms with van der Waals surface area (Å²) in [6.07, 6.45) is 44.7. The Hall–Kier alpha value is -1.32. The number of ether oxygens (including phenoxy) is 1. The Morgan fingerprint density at radius 1 is 0.500 bits per heavy atom. The molecule has 0 fully saturated rings. The molecule has 260 valence electrons. The van der Waals surface area contributed by atoms with Crippen LogP contribution in [0.1, 0.15) is 226 Å². The lowest BCUT2D eigenvalue weighted by atomic mass is 10.0. The summed E-state index contributed by atoms with van der Waals surface area (Å²) in [7, 11) is 0. The summed E-state index contributed by atoms with van der Waals surface area (Å²) in [5.74, 6) is -0.656. The van der Waals surface area contributed by atoms with Crippen LogP contribution < -0.4 is 0 Å². The first-order chi connectivity index (χ1) is 21.6. The van der Waals surface area contributed by atoms with Crippen molar-refractivity contribution in [2.75, 3.05) is 0 Å². The Morgan fingerprint density at radius 2 is 0.864 bits per heavy atom. The van der Waals surface area contributed by atoms with Crippen molar-refractivity contribution in [2.24, 2.45) is 0 Å². The highest BCUT2D eigenvalue weighted by atomic mass is 16.5. The first-order valence-electron chi connectivity index (χ1n) is 19.7. The second-order valence-corrected chi connectivity index (χ2v) is 13.4. The largest absolute Gasteiger partial charge is 0.481 e. The molecular weight excluding hydrogens is 544 g/mol. The average Bonchev–Trinajstić information content (AvgIpc) is 3.01. The number of carboxylic acid groups (broad SMARTS) is 1. The molecular formula is C40H76O4. The zero-order valence-electron chi connectivity index (χ0n) is 29.7. The smallest absolute Gasteiger partial charge is 0.306 e. The molecule has 0 aromatic heterocycles. The molecule has 0 rings (SSSR count). The lowest BCUT2D eigenvalue weighted by Crippen LogP contribution is -2.17. The summed E-state index contributed by atoms with van der Waals surface area (Å²) in [5.41, 5.74) is 0. The number of carboxylic acids is 1. The third-order valence-electron chi connectivity index (χ3n) is 9.06. The van der Waals surface area contributed by atoms with E-state index in [4.69, 9.17) is 9.84 Å². The van der Waals surface area contributed by atoms with Crippen molar-refractivity contribution in [3.8, 4) is 0 Å². The number of allylic oxidation sites excluding steroid dienone is 2. The Kier molecular flexibility index (Phi) is 35.1. The minimum absolute atomic E-state index is 0.0137. The van der Waals surface area contributed by atoms with Crippen molar-refractivity contribution in [1.82, 2.24) is 0 Å². The quantitative estimate of drug-likeness (QED) is 0.0430. The van der Waals surface area contributed by atoms with Crippen LogP contribution in [0.4, 0.5) is 0 Å². The van der Waals surface area contributed by atoms with Gasteiger partial charge in [0.05, 0.1) is 0 Å². The summed E-state index contributed by atoms with van der Waals surface area (Å²) < 4.78 is 5.78. The van der Waals surface area contributed by atoms with Gasteiger partial charge in [-0.05, 0) is 57.8 Å². The molecule has 0 saturated heterocycles. The van der Waals surface area contributed by atoms with Gasteiger partial charge in [0.25, 0.3) is 0 Å². The van der Waals surface area contributed by atoms with Crippen LogP contribution in [0.25, 0.3) is 0 Å². The van der Waals surface area contributed by atoms with Gasteiger partial charge < -0.3 is 9.84 Å². The molecule has 1 unspecified atom stereocenters. The molecule has 4 heteroatoms. The van der Waals surface area contributed by atoms with Gasteiger partial charge in [-0.1, -0.05) is 167 Å². The zero-order chi connectivity index (χ0) is 32.2. The van der Waals surface area contributed by atoms with Crippen LogP contribution in [0.5, 0.6) is 0 Å². The van der Waals surface area contributed by atoms with Gasteiger partial charge in [0.15, 0.2) is 0 Å². The summed E-state index contributed by atoms with van der Waals surface area (Å²) in [6, 6.07) is 0. The molecule has 0 radical (unpaired) electrons. The van der Waals surface area contributed by atoms with E-state index in [-0.39, 0.29) is 12.1 Å². The predicted octanol–water partition coefficient (Wildman–Crippen LogP) is 13.5. The van der Waals surface area contributed by atoms with Crippen molar-refractivity contribution in [3.05, 3.63) is 12.2 Å². The van der Waals surface area contributed by atoms with E-state index >= 15 is 0 Å². The maximum absolute atomic E-state index is 12.3. The van der Waals surface area contributed by atoms with Crippen LogP contribution in [0.15, 0.2) is 12.2 Å². The molecule has 1 N–H and O–H groups in total. The number of hydrogen-bond donors (Lipinski definition) is 1. The van der Waals surface area contributed by atoms with Crippen molar-refractivity contribution in [1.29, 1.82) is 0 Å². The van der Waals surface area contributed by atoms with Gasteiger partial charge in [-0.25, -0.2) is 0 Å². The molecule has 0 bridgehead atoms. The van der Waals surface area contributed by atoms with Crippen LogP contribution in [-0.2, 0) is 14.3 Å². The van der Waals surface area contributed by atoms with Crippen LogP contribution in [0, 0.1) is 0 Å². The van der Waals surface area contributed by atoms with Crippen molar-refractivity contribution >= 4 is 11.9 Å². The molecule has 1 atom stereocenters. The Labute approximate surface area is 275 Å². The van der Waals surface area contributed by atoms with E-state index in [2.05, 4.69) is 26.0 Å². The fourth-order valence-electron chi connectivity index (χ4n) is 6.05. The highest BCUT2D eigenvalue weighted by Gasteiger charge is 2.12. The highest BCUT2D eigenvalue weighted by Crippen LogP contribution is 2.17. The molecule has 0 aliphatic carbocycles. The molecule has 0 spiro atoms. The SMILES string of the molecule is CCCCCCCC/C=C\CCCCCCCCCCCC(=O)OC(CC)CCCCCCCCCCCCCCC(=O)O. The van der Waals surface area contributed by atoms with Crippen LogP contribution in [-0.4, -0.2) is 23.1 Å². The Morgan fingerprint density at radius 3 is 1.27 bits per heavy atom. The third kappa shape index (κ3) is 35.2. The van der Waals surface area contributed by atoms with E-state index in [9.17, 15) is 9.59 Å². The Bertz CT molecular complexity index is 629. The number of aliphatic carboxylic acids is 1. The van der Waals surface area contributed by atoms with E-state index in [1.807, 2.05) is 0 Å². The van der Waals surface area contributed by atoms with E-state index in [1.165, 1.54) is 154 Å². The lowest BCUT2D eigenvalue weighted by molar-refractivity contribution is -0.149. The molecule has 44 heavy (non-hydrogen) atoms. The molecule has 4 nitrogen and oxygen atoms in total. The third-order valence-corrected chi connectivity index (χ3v) is 9.06. The first kappa shape index (κ1) is 42.7. The number of esters is 1. The van der Waals surface area contributed by atoms with Crippen molar-refractivity contribution in [3.63, 3.8) is 0 Å². The first-order valence-corrected chi connectivity index (χ1v) is 19.7. The van der Waals surface area contributed by atoms with E-state index in [0.717, 1.165) is 44.9 Å². The highest BCUT2D eigenvalue weighted by molar-refractivity contribution is 5.69. The van der Waals surface area contributed by atoms with Crippen LogP contribution in [0.3, 0.4) is 0 Å². The topological polar surface area (TPSA) is 63.6 Å². The van der Waals surface area contributed by atoms with E-state index in [0.29, 0.717) is 12.8 Å². The fourth-order valence-corrected chi connectivity index (χ4v) is 6.05. The maximum Gasteiger partial charge on any atom is 0.306 e. The van der Waals surface area contributed by atoms with Crippen LogP contribution in [0.2, 0.25) is 0 Å². The second kappa shape index (κ2) is 36.2. The predicted molar refractivity (Wildman–Crippen MR) is 190 cm³/mol. The fraction of sp³-hybridized carbons (Fsp3) is 0.900. The van der Waals surface area contributed by atoms with Crippen molar-refractivity contribution in [2.45, 2.75) is 232 Å². The number of carbonyl (C=O) groups is 2. The van der Waals surface area contributed by atoms with Crippen molar-refractivity contribution < 1.29 is 19.4 Å². The van der Waals surface area contributed by atoms with Gasteiger partial charge in [-0.2, -0.15) is 0 Å². The summed E-state index contributed by atoms with van der Waals surface area (Å²) in [6.45, 7) is 4.42. The molecule has 0 saturated carbocycles. The van der Waals surface area contributed by atoms with E-state index < -0.39 is 5.97 Å². The molecule has 0 aliphatic heterocycles. The average molecular weight is 621 g/mol. The number of unbranched alkanes of at least 4 members (excludes halogenated alkanes) is 26. The minimum atomic E-state index is -0.670. The Balaban J connectivity index is 3.41. The number of carbonyl (C=O) groups excluding carboxylic acids is 1. The molecule has 0 aromatic carbocycles. The van der Waals surface area contributed by atoms with Gasteiger partial charge in [0.2, 0.25) is 0 Å². The van der Waals surface area contributed by atoms with Gasteiger partial charge in [0.1, 0.15) is 6.10 Å². The molecule has 0 aliphatic rings. The standard InChI is InChI=1S/C40H76O4/c1-3-5-6-7-8-9-10-11-12-13-14-15-16-17-22-25-28-31-34-37-40(43)44-38(4-2)35-32-29-26-23-20-18-19-21-24-27-30-33-36-39(41)42/h11-12,38H,3-10,13-37H2,1-2H3,(H,41,42)/b12-11-. The number of rotatable bonds is 36. The summed E-state index contributed by atoms with van der Waals surface area (Å²) >= 11 is 0. The summed E-state index contributed by atoms with van der Waals surface area (Å²) in [5, 5.41) is 8.65. The molecule has 0 amide bonds. The molecule has 0 heterocycles. The van der Waals surface area contributed by atoms with Gasteiger partial charge in [-0.3, -0.25) is 9.59 Å². The normalized spacial score (nSPS) is 12.2. The van der Waals surface area contributed by atoms with Gasteiger partial charge >= 0.3 is 11.9 Å². The van der Waals surface area contributed by atoms with E-state index in [1.54, 1.807) is 0 Å². The lowest BCUT2D eigenvalue weighted by Gasteiger charge is -2.16. The number of hydrogen-bond acceptors (Lipinski definition) is 3. The van der Waals surface area contributed by atoms with Gasteiger partial charge in [-0.15, -0.1) is 0 Å². The molecule has 0 aromatic rings. The monoisotopic (exact) mass is 621 g/mol. The minimum Gasteiger partial charge on any atom is -0.481 e.